The Balaban J connectivity index is 2.30. The Kier molecular flexibility index (Phi) is 3.35. The van der Waals surface area contributed by atoms with Crippen LogP contribution < -0.4 is 10.5 Å². The summed E-state index contributed by atoms with van der Waals surface area (Å²) in [6, 6.07) is 6.37. The predicted octanol–water partition coefficient (Wildman–Crippen LogP) is 1.51. The summed E-state index contributed by atoms with van der Waals surface area (Å²) in [7, 11) is -3.74. The van der Waals surface area contributed by atoms with Crippen LogP contribution in [0.25, 0.3) is 0 Å². The van der Waals surface area contributed by atoms with E-state index in [9.17, 15) is 8.42 Å². The Morgan fingerprint density at radius 3 is 2.50 bits per heavy atom. The van der Waals surface area contributed by atoms with Crippen molar-refractivity contribution in [3.63, 3.8) is 0 Å². The Labute approximate surface area is 109 Å². The molecule has 2 aromatic rings. The third kappa shape index (κ3) is 2.88. The number of nitrogens with two attached hydrogens (primary N) is 1. The van der Waals surface area contributed by atoms with Crippen LogP contribution in [-0.2, 0) is 10.0 Å². The number of nitrogens with zero attached hydrogens (tertiary/aromatic N) is 2. The molecule has 0 saturated carbocycles. The molecule has 0 aliphatic heterocycles. The first kappa shape index (κ1) is 12.6. The largest absolute Gasteiger partial charge is 0.368 e. The lowest BCUT2D eigenvalue weighted by atomic mass is 10.3. The highest BCUT2D eigenvalue weighted by atomic mass is 35.5. The second-order valence-electron chi connectivity index (χ2n) is 3.39. The minimum absolute atomic E-state index is 0.0108. The summed E-state index contributed by atoms with van der Waals surface area (Å²) in [5, 5.41) is 0.434. The van der Waals surface area contributed by atoms with Gasteiger partial charge in [-0.3, -0.25) is 4.72 Å². The van der Waals surface area contributed by atoms with E-state index in [1.807, 2.05) is 0 Å². The van der Waals surface area contributed by atoms with Gasteiger partial charge in [-0.2, -0.15) is 0 Å². The van der Waals surface area contributed by atoms with E-state index in [0.717, 1.165) is 12.4 Å². The zero-order chi connectivity index (χ0) is 13.2. The third-order valence-electron chi connectivity index (χ3n) is 2.04. The molecule has 0 aliphatic carbocycles. The third-order valence-corrected chi connectivity index (χ3v) is 3.61. The molecule has 1 aromatic carbocycles. The second kappa shape index (κ2) is 4.79. The molecular formula is C10H9ClN4O2S. The first-order valence-electron chi connectivity index (χ1n) is 4.83. The Morgan fingerprint density at radius 1 is 1.22 bits per heavy atom. The number of halogens is 1. The summed E-state index contributed by atoms with van der Waals surface area (Å²) in [5.41, 5.74) is 5.65. The molecule has 1 aromatic heterocycles. The first-order valence-corrected chi connectivity index (χ1v) is 6.69. The van der Waals surface area contributed by atoms with E-state index >= 15 is 0 Å². The monoisotopic (exact) mass is 284 g/mol. The van der Waals surface area contributed by atoms with Crippen molar-refractivity contribution in [2.45, 2.75) is 4.90 Å². The summed E-state index contributed by atoms with van der Waals surface area (Å²) in [6.45, 7) is 0. The van der Waals surface area contributed by atoms with Crippen molar-refractivity contribution in [3.8, 4) is 0 Å². The van der Waals surface area contributed by atoms with Crippen LogP contribution in [0.4, 0.5) is 11.6 Å². The minimum Gasteiger partial charge on any atom is -0.368 e. The number of sulfonamides is 1. The Morgan fingerprint density at radius 2 is 1.89 bits per heavy atom. The van der Waals surface area contributed by atoms with Crippen LogP contribution in [0.1, 0.15) is 0 Å². The highest BCUT2D eigenvalue weighted by Gasteiger charge is 2.15. The number of anilines is 2. The van der Waals surface area contributed by atoms with Crippen molar-refractivity contribution in [1.82, 2.24) is 9.97 Å². The fourth-order valence-corrected chi connectivity index (χ4v) is 2.36. The van der Waals surface area contributed by atoms with Gasteiger partial charge < -0.3 is 5.73 Å². The lowest BCUT2D eigenvalue weighted by Gasteiger charge is -2.07. The maximum atomic E-state index is 11.9. The summed E-state index contributed by atoms with van der Waals surface area (Å²) >= 11 is 5.76. The van der Waals surface area contributed by atoms with E-state index < -0.39 is 10.0 Å². The predicted molar refractivity (Wildman–Crippen MR) is 68.7 cm³/mol. The zero-order valence-corrected chi connectivity index (χ0v) is 10.6. The average molecular weight is 285 g/mol. The van der Waals surface area contributed by atoms with Gasteiger partial charge in [-0.15, -0.1) is 0 Å². The molecule has 3 N–H and O–H groups in total. The summed E-state index contributed by atoms with van der Waals surface area (Å²) in [5.74, 6) is 0.0108. The van der Waals surface area contributed by atoms with Gasteiger partial charge in [0.25, 0.3) is 10.0 Å². The number of rotatable bonds is 3. The molecule has 0 atom stereocenters. The van der Waals surface area contributed by atoms with E-state index in [-0.39, 0.29) is 10.8 Å². The highest BCUT2D eigenvalue weighted by molar-refractivity contribution is 7.92. The van der Waals surface area contributed by atoms with Gasteiger partial charge in [0.15, 0.2) is 0 Å². The number of nitrogen functional groups attached to an aromatic ring is 1. The van der Waals surface area contributed by atoms with Gasteiger partial charge in [-0.05, 0) is 18.2 Å². The fraction of sp³-hybridized carbons (Fsp3) is 0. The van der Waals surface area contributed by atoms with Crippen LogP contribution >= 0.6 is 11.6 Å². The van der Waals surface area contributed by atoms with E-state index in [1.165, 1.54) is 6.07 Å². The van der Waals surface area contributed by atoms with Gasteiger partial charge in [-0.1, -0.05) is 17.7 Å². The molecule has 94 valence electrons. The number of nitrogens with one attached hydrogen (secondary N) is 1. The molecule has 6 nitrogen and oxygen atoms in total. The van der Waals surface area contributed by atoms with Crippen LogP contribution in [0.15, 0.2) is 41.6 Å². The van der Waals surface area contributed by atoms with Crippen LogP contribution in [0.2, 0.25) is 5.02 Å². The molecular weight excluding hydrogens is 276 g/mol. The molecule has 0 amide bonds. The van der Waals surface area contributed by atoms with Crippen molar-refractivity contribution < 1.29 is 8.42 Å². The van der Waals surface area contributed by atoms with Crippen LogP contribution in [0.3, 0.4) is 0 Å². The maximum absolute atomic E-state index is 11.9. The van der Waals surface area contributed by atoms with Crippen molar-refractivity contribution in [2.75, 3.05) is 10.5 Å². The molecule has 0 aliphatic rings. The lowest BCUT2D eigenvalue weighted by Crippen LogP contribution is -2.13. The van der Waals surface area contributed by atoms with Crippen LogP contribution in [0.5, 0.6) is 0 Å². The van der Waals surface area contributed by atoms with E-state index in [4.69, 9.17) is 17.3 Å². The molecule has 8 heteroatoms. The lowest BCUT2D eigenvalue weighted by molar-refractivity contribution is 0.600. The quantitative estimate of drug-likeness (QED) is 0.890. The molecule has 2 rings (SSSR count). The molecule has 0 fully saturated rings. The number of benzene rings is 1. The maximum Gasteiger partial charge on any atom is 0.264 e. The van der Waals surface area contributed by atoms with Gasteiger partial charge in [0, 0.05) is 5.02 Å². The van der Waals surface area contributed by atoms with Crippen LogP contribution in [0, 0.1) is 0 Å². The molecule has 0 spiro atoms. The second-order valence-corrected chi connectivity index (χ2v) is 5.51. The molecule has 1 heterocycles. The number of hydrogen-bond donors (Lipinski definition) is 2. The van der Waals surface area contributed by atoms with Crippen molar-refractivity contribution >= 4 is 33.3 Å². The number of hydrogen-bond acceptors (Lipinski definition) is 5. The van der Waals surface area contributed by atoms with E-state index in [1.54, 1.807) is 18.2 Å². The van der Waals surface area contributed by atoms with Gasteiger partial charge in [-0.25, -0.2) is 18.4 Å². The van der Waals surface area contributed by atoms with Crippen LogP contribution in [-0.4, -0.2) is 18.4 Å². The summed E-state index contributed by atoms with van der Waals surface area (Å²) in [6.07, 6.45) is 2.27. The summed E-state index contributed by atoms with van der Waals surface area (Å²) < 4.78 is 26.3. The standard InChI is InChI=1S/C10H9ClN4O2S/c11-7-2-1-3-8(4-7)15-18(16,17)9-5-13-10(12)14-6-9/h1-6,15H,(H2,12,13,14). The van der Waals surface area contributed by atoms with Gasteiger partial charge in [0.2, 0.25) is 5.95 Å². The Hall–Kier alpha value is -1.86. The number of aromatic nitrogens is 2. The smallest absolute Gasteiger partial charge is 0.264 e. The normalized spacial score (nSPS) is 11.2. The fourth-order valence-electron chi connectivity index (χ4n) is 1.23. The van der Waals surface area contributed by atoms with Crippen molar-refractivity contribution in [2.24, 2.45) is 0 Å². The van der Waals surface area contributed by atoms with Gasteiger partial charge >= 0.3 is 0 Å². The summed E-state index contributed by atoms with van der Waals surface area (Å²) in [4.78, 5) is 7.18. The van der Waals surface area contributed by atoms with Crippen molar-refractivity contribution in [1.29, 1.82) is 0 Å². The molecule has 0 bridgehead atoms. The van der Waals surface area contributed by atoms with Gasteiger partial charge in [0.1, 0.15) is 4.90 Å². The topological polar surface area (TPSA) is 98.0 Å². The molecule has 0 saturated heterocycles. The van der Waals surface area contributed by atoms with E-state index in [2.05, 4.69) is 14.7 Å². The molecule has 0 radical (unpaired) electrons. The Bertz CT molecular complexity index is 658. The van der Waals surface area contributed by atoms with Crippen molar-refractivity contribution in [3.05, 3.63) is 41.7 Å². The molecule has 18 heavy (non-hydrogen) atoms. The first-order chi connectivity index (χ1) is 8.47. The molecule has 0 unspecified atom stereocenters. The van der Waals surface area contributed by atoms with E-state index in [0.29, 0.717) is 10.7 Å². The highest BCUT2D eigenvalue weighted by Crippen LogP contribution is 2.18. The van der Waals surface area contributed by atoms with Gasteiger partial charge in [0.05, 0.1) is 18.1 Å². The minimum atomic E-state index is -3.74. The average Bonchev–Trinajstić information content (AvgIpc) is 2.29. The SMILES string of the molecule is Nc1ncc(S(=O)(=O)Nc2cccc(Cl)c2)cn1. The zero-order valence-electron chi connectivity index (χ0n) is 9.04.